The number of aliphatic hydroxyl groups is 5. The van der Waals surface area contributed by atoms with Crippen molar-refractivity contribution in [1.82, 2.24) is 0 Å². The monoisotopic (exact) mass is 210 g/mol. The molecule has 4 atom stereocenters. The van der Waals surface area contributed by atoms with E-state index in [1.165, 1.54) is 0 Å². The van der Waals surface area contributed by atoms with Crippen molar-refractivity contribution in [1.29, 1.82) is 0 Å². The zero-order valence-electron chi connectivity index (χ0n) is 7.35. The van der Waals surface area contributed by atoms with Crippen LogP contribution in [-0.2, 0) is 9.53 Å². The van der Waals surface area contributed by atoms with Crippen LogP contribution < -0.4 is 0 Å². The molecule has 0 aliphatic heterocycles. The summed E-state index contributed by atoms with van der Waals surface area (Å²) in [5.74, 6) is 0. The zero-order chi connectivity index (χ0) is 11.1. The van der Waals surface area contributed by atoms with E-state index in [4.69, 9.17) is 25.5 Å². The highest BCUT2D eigenvalue weighted by Crippen LogP contribution is 2.05. The van der Waals surface area contributed by atoms with Gasteiger partial charge in [0.25, 0.3) is 6.47 Å². The van der Waals surface area contributed by atoms with Crippen LogP contribution in [-0.4, -0.2) is 69.6 Å². The maximum absolute atomic E-state index is 9.72. The van der Waals surface area contributed by atoms with Gasteiger partial charge in [0.1, 0.15) is 31.0 Å². The minimum absolute atomic E-state index is 0.0742. The predicted octanol–water partition coefficient (Wildman–Crippen LogP) is -3.40. The van der Waals surface area contributed by atoms with Gasteiger partial charge in [0, 0.05) is 0 Å². The van der Waals surface area contributed by atoms with Gasteiger partial charge in [-0.05, 0) is 0 Å². The highest BCUT2D eigenvalue weighted by atomic mass is 16.5. The van der Waals surface area contributed by atoms with Gasteiger partial charge < -0.3 is 30.3 Å². The third-order valence-corrected chi connectivity index (χ3v) is 1.66. The summed E-state index contributed by atoms with van der Waals surface area (Å²) < 4.78 is 4.13. The first-order valence-corrected chi connectivity index (χ1v) is 3.93. The van der Waals surface area contributed by atoms with Crippen molar-refractivity contribution in [2.45, 2.75) is 24.4 Å². The number of aliphatic hydroxyl groups excluding tert-OH is 5. The summed E-state index contributed by atoms with van der Waals surface area (Å²) >= 11 is 0. The Hall–Kier alpha value is -0.730. The second-order valence-electron chi connectivity index (χ2n) is 2.73. The molecule has 0 aliphatic rings. The molecule has 0 spiro atoms. The molecule has 0 rings (SSSR count). The predicted molar refractivity (Wildman–Crippen MR) is 43.1 cm³/mol. The maximum Gasteiger partial charge on any atom is 0.293 e. The van der Waals surface area contributed by atoms with Crippen molar-refractivity contribution in [2.24, 2.45) is 0 Å². The summed E-state index contributed by atoms with van der Waals surface area (Å²) in [4.78, 5) is 9.72. The lowest BCUT2D eigenvalue weighted by Gasteiger charge is -2.24. The topological polar surface area (TPSA) is 127 Å². The second-order valence-corrected chi connectivity index (χ2v) is 2.73. The van der Waals surface area contributed by atoms with Gasteiger partial charge in [-0.2, -0.15) is 0 Å². The number of rotatable bonds is 7. The molecule has 84 valence electrons. The van der Waals surface area contributed by atoms with E-state index in [0.29, 0.717) is 0 Å². The Kier molecular flexibility index (Phi) is 6.34. The largest absolute Gasteiger partial charge is 0.465 e. The Morgan fingerprint density at radius 2 is 1.57 bits per heavy atom. The average molecular weight is 210 g/mol. The van der Waals surface area contributed by atoms with E-state index in [1.807, 2.05) is 0 Å². The molecule has 0 amide bonds. The van der Waals surface area contributed by atoms with Gasteiger partial charge in [0.2, 0.25) is 0 Å². The first kappa shape index (κ1) is 13.3. The van der Waals surface area contributed by atoms with E-state index in [-0.39, 0.29) is 6.47 Å². The third kappa shape index (κ3) is 3.99. The number of carbonyl (C=O) groups is 1. The Bertz CT molecular complexity index is 162. The molecule has 7 nitrogen and oxygen atoms in total. The molecule has 0 saturated heterocycles. The molecule has 0 heterocycles. The third-order valence-electron chi connectivity index (χ3n) is 1.66. The number of hydrogen-bond donors (Lipinski definition) is 5. The Morgan fingerprint density at radius 1 is 1.07 bits per heavy atom. The summed E-state index contributed by atoms with van der Waals surface area (Å²) in [5, 5.41) is 44.6. The molecule has 0 aromatic carbocycles. The Labute approximate surface area is 80.2 Å². The van der Waals surface area contributed by atoms with Crippen LogP contribution in [0.3, 0.4) is 0 Å². The SMILES string of the molecule is O=COC[C@H](O)[C@@H](O)[C@H](O)[C@H](O)CO. The summed E-state index contributed by atoms with van der Waals surface area (Å²) in [6.45, 7) is -1.18. The molecule has 0 fully saturated rings. The van der Waals surface area contributed by atoms with E-state index in [1.54, 1.807) is 0 Å². The van der Waals surface area contributed by atoms with Crippen molar-refractivity contribution in [3.63, 3.8) is 0 Å². The zero-order valence-corrected chi connectivity index (χ0v) is 7.35. The second kappa shape index (κ2) is 6.68. The fourth-order valence-electron chi connectivity index (χ4n) is 0.800. The Balaban J connectivity index is 4.01. The number of carbonyl (C=O) groups excluding carboxylic acids is 1. The summed E-state index contributed by atoms with van der Waals surface area (Å²) in [7, 11) is 0. The van der Waals surface area contributed by atoms with Crippen LogP contribution in [0.4, 0.5) is 0 Å². The van der Waals surface area contributed by atoms with Crippen LogP contribution >= 0.6 is 0 Å². The fourth-order valence-corrected chi connectivity index (χ4v) is 0.800. The molecule has 0 aliphatic carbocycles. The van der Waals surface area contributed by atoms with E-state index >= 15 is 0 Å². The van der Waals surface area contributed by atoms with E-state index < -0.39 is 37.6 Å². The van der Waals surface area contributed by atoms with Gasteiger partial charge in [-0.3, -0.25) is 4.79 Å². The maximum atomic E-state index is 9.72. The minimum Gasteiger partial charge on any atom is -0.465 e. The van der Waals surface area contributed by atoms with Crippen molar-refractivity contribution in [3.8, 4) is 0 Å². The van der Waals surface area contributed by atoms with Gasteiger partial charge in [-0.1, -0.05) is 0 Å². The number of hydrogen-bond acceptors (Lipinski definition) is 7. The van der Waals surface area contributed by atoms with Gasteiger partial charge in [-0.25, -0.2) is 0 Å². The van der Waals surface area contributed by atoms with Gasteiger partial charge in [0.15, 0.2) is 0 Å². The first-order valence-electron chi connectivity index (χ1n) is 3.93. The molecule has 14 heavy (non-hydrogen) atoms. The van der Waals surface area contributed by atoms with Gasteiger partial charge in [-0.15, -0.1) is 0 Å². The molecule has 5 N–H and O–H groups in total. The molecular formula is C7H14O7. The lowest BCUT2D eigenvalue weighted by molar-refractivity contribution is -0.144. The standard InChI is InChI=1S/C7H14O7/c8-1-4(10)6(12)7(13)5(11)2-14-3-9/h3-8,10-13H,1-2H2/t4-,5+,6-,7-/m1/s1. The number of ether oxygens (including phenoxy) is 1. The quantitative estimate of drug-likeness (QED) is 0.277. The minimum atomic E-state index is -1.70. The van der Waals surface area contributed by atoms with Crippen LogP contribution in [0.15, 0.2) is 0 Å². The smallest absolute Gasteiger partial charge is 0.293 e. The van der Waals surface area contributed by atoms with E-state index in [2.05, 4.69) is 4.74 Å². The van der Waals surface area contributed by atoms with Crippen molar-refractivity contribution in [2.75, 3.05) is 13.2 Å². The summed E-state index contributed by atoms with van der Waals surface area (Å²) in [6.07, 6.45) is -6.48. The van der Waals surface area contributed by atoms with Crippen molar-refractivity contribution >= 4 is 6.47 Å². The lowest BCUT2D eigenvalue weighted by atomic mass is 10.0. The molecular weight excluding hydrogens is 196 g/mol. The van der Waals surface area contributed by atoms with Crippen molar-refractivity contribution in [3.05, 3.63) is 0 Å². The fraction of sp³-hybridized carbons (Fsp3) is 0.857. The molecule has 0 saturated carbocycles. The highest BCUT2D eigenvalue weighted by Gasteiger charge is 2.30. The van der Waals surface area contributed by atoms with Gasteiger partial charge >= 0.3 is 0 Å². The van der Waals surface area contributed by atoms with Gasteiger partial charge in [0.05, 0.1) is 6.61 Å². The molecule has 0 aromatic heterocycles. The lowest BCUT2D eigenvalue weighted by Crippen LogP contribution is -2.47. The van der Waals surface area contributed by atoms with Crippen LogP contribution in [0.1, 0.15) is 0 Å². The molecule has 7 heteroatoms. The Morgan fingerprint density at radius 3 is 2.00 bits per heavy atom. The molecule has 0 bridgehead atoms. The molecule has 0 aromatic rings. The normalized spacial score (nSPS) is 19.5. The van der Waals surface area contributed by atoms with Crippen LogP contribution in [0.2, 0.25) is 0 Å². The van der Waals surface area contributed by atoms with E-state index in [0.717, 1.165) is 0 Å². The van der Waals surface area contributed by atoms with Crippen LogP contribution in [0, 0.1) is 0 Å². The summed E-state index contributed by atoms with van der Waals surface area (Å²) in [6, 6.07) is 0. The summed E-state index contributed by atoms with van der Waals surface area (Å²) in [5.41, 5.74) is 0. The van der Waals surface area contributed by atoms with Crippen LogP contribution in [0.5, 0.6) is 0 Å². The van der Waals surface area contributed by atoms with Crippen LogP contribution in [0.25, 0.3) is 0 Å². The highest BCUT2D eigenvalue weighted by molar-refractivity contribution is 5.36. The average Bonchev–Trinajstić information content (AvgIpc) is 2.22. The molecule has 0 radical (unpaired) electrons. The molecule has 0 unspecified atom stereocenters. The first-order chi connectivity index (χ1) is 6.54. The van der Waals surface area contributed by atoms with E-state index in [9.17, 15) is 4.79 Å². The van der Waals surface area contributed by atoms with Crippen molar-refractivity contribution < 1.29 is 35.1 Å².